The molecule has 0 aromatic heterocycles. The summed E-state index contributed by atoms with van der Waals surface area (Å²) in [5.41, 5.74) is 6.80. The van der Waals surface area contributed by atoms with Crippen molar-refractivity contribution in [1.82, 2.24) is 4.90 Å². The fourth-order valence-electron chi connectivity index (χ4n) is 2.59. The fourth-order valence-corrected chi connectivity index (χ4v) is 2.59. The second-order valence-electron chi connectivity index (χ2n) is 5.22. The van der Waals surface area contributed by atoms with Gasteiger partial charge in [0.15, 0.2) is 5.78 Å². The molecule has 0 saturated carbocycles. The van der Waals surface area contributed by atoms with E-state index in [-0.39, 0.29) is 5.78 Å². The van der Waals surface area contributed by atoms with Crippen molar-refractivity contribution >= 4 is 11.5 Å². The number of hydrogen-bond acceptors (Lipinski definition) is 4. The summed E-state index contributed by atoms with van der Waals surface area (Å²) in [6.45, 7) is 3.38. The molecule has 0 spiro atoms. The van der Waals surface area contributed by atoms with Gasteiger partial charge < -0.3 is 15.4 Å². The third-order valence-corrected chi connectivity index (χ3v) is 3.80. The monoisotopic (exact) mass is 262 g/mol. The molecule has 0 aliphatic carbocycles. The minimum atomic E-state index is -0.0292. The molecule has 104 valence electrons. The molecule has 1 aliphatic heterocycles. The van der Waals surface area contributed by atoms with Crippen LogP contribution in [-0.4, -0.2) is 36.9 Å². The van der Waals surface area contributed by atoms with Crippen LogP contribution in [0.3, 0.4) is 0 Å². The highest BCUT2D eigenvalue weighted by molar-refractivity contribution is 5.99. The SMILES string of the molecule is CC(=O)c1cc(OCCC2CCCN2C)ccc1N. The molecule has 1 heterocycles. The van der Waals surface area contributed by atoms with Gasteiger partial charge in [-0.25, -0.2) is 0 Å². The number of anilines is 1. The van der Waals surface area contributed by atoms with Crippen LogP contribution in [0.25, 0.3) is 0 Å². The summed E-state index contributed by atoms with van der Waals surface area (Å²) in [5, 5.41) is 0. The zero-order chi connectivity index (χ0) is 13.8. The van der Waals surface area contributed by atoms with E-state index in [2.05, 4.69) is 11.9 Å². The Hall–Kier alpha value is -1.55. The minimum absolute atomic E-state index is 0.0292. The van der Waals surface area contributed by atoms with E-state index in [4.69, 9.17) is 10.5 Å². The van der Waals surface area contributed by atoms with E-state index in [1.54, 1.807) is 12.1 Å². The van der Waals surface area contributed by atoms with Gasteiger partial charge in [-0.3, -0.25) is 4.79 Å². The van der Waals surface area contributed by atoms with Crippen molar-refractivity contribution in [3.8, 4) is 5.75 Å². The summed E-state index contributed by atoms with van der Waals surface area (Å²) in [7, 11) is 2.16. The van der Waals surface area contributed by atoms with Crippen LogP contribution in [0.2, 0.25) is 0 Å². The van der Waals surface area contributed by atoms with Crippen LogP contribution in [0, 0.1) is 0 Å². The molecule has 4 heteroatoms. The summed E-state index contributed by atoms with van der Waals surface area (Å²) in [6, 6.07) is 5.91. The first-order valence-electron chi connectivity index (χ1n) is 6.81. The van der Waals surface area contributed by atoms with Gasteiger partial charge in [-0.2, -0.15) is 0 Å². The number of ether oxygens (including phenoxy) is 1. The van der Waals surface area contributed by atoms with Crippen molar-refractivity contribution in [3.63, 3.8) is 0 Å². The van der Waals surface area contributed by atoms with Crippen LogP contribution in [-0.2, 0) is 0 Å². The number of carbonyl (C=O) groups excluding carboxylic acids is 1. The van der Waals surface area contributed by atoms with Crippen LogP contribution in [0.4, 0.5) is 5.69 Å². The molecule has 0 radical (unpaired) electrons. The average Bonchev–Trinajstić information content (AvgIpc) is 2.77. The van der Waals surface area contributed by atoms with Gasteiger partial charge in [0, 0.05) is 17.3 Å². The van der Waals surface area contributed by atoms with E-state index >= 15 is 0 Å². The summed E-state index contributed by atoms with van der Waals surface area (Å²) < 4.78 is 5.73. The van der Waals surface area contributed by atoms with E-state index in [1.807, 2.05) is 6.07 Å². The third-order valence-electron chi connectivity index (χ3n) is 3.80. The van der Waals surface area contributed by atoms with Crippen LogP contribution in [0.5, 0.6) is 5.75 Å². The molecule has 1 aromatic carbocycles. The van der Waals surface area contributed by atoms with Crippen LogP contribution in [0.15, 0.2) is 18.2 Å². The van der Waals surface area contributed by atoms with Gasteiger partial charge >= 0.3 is 0 Å². The Labute approximate surface area is 114 Å². The first kappa shape index (κ1) is 13.9. The quantitative estimate of drug-likeness (QED) is 0.653. The molecule has 1 saturated heterocycles. The number of carbonyl (C=O) groups is 1. The zero-order valence-electron chi connectivity index (χ0n) is 11.7. The first-order chi connectivity index (χ1) is 9.08. The summed E-state index contributed by atoms with van der Waals surface area (Å²) in [5.74, 6) is 0.693. The Balaban J connectivity index is 1.89. The number of nitrogen functional groups attached to an aromatic ring is 1. The lowest BCUT2D eigenvalue weighted by molar-refractivity contribution is 0.101. The lowest BCUT2D eigenvalue weighted by Gasteiger charge is -2.19. The summed E-state index contributed by atoms with van der Waals surface area (Å²) >= 11 is 0. The van der Waals surface area contributed by atoms with Crippen LogP contribution >= 0.6 is 0 Å². The Bertz CT molecular complexity index is 459. The van der Waals surface area contributed by atoms with E-state index < -0.39 is 0 Å². The first-order valence-corrected chi connectivity index (χ1v) is 6.81. The van der Waals surface area contributed by atoms with Gasteiger partial charge in [0.05, 0.1) is 6.61 Å². The Morgan fingerprint density at radius 3 is 2.95 bits per heavy atom. The largest absolute Gasteiger partial charge is 0.494 e. The van der Waals surface area contributed by atoms with Gasteiger partial charge in [0.2, 0.25) is 0 Å². The molecule has 0 bridgehead atoms. The second-order valence-corrected chi connectivity index (χ2v) is 5.22. The highest BCUT2D eigenvalue weighted by Gasteiger charge is 2.20. The van der Waals surface area contributed by atoms with Crippen molar-refractivity contribution in [2.24, 2.45) is 0 Å². The van der Waals surface area contributed by atoms with Gasteiger partial charge in [-0.05, 0) is 58.0 Å². The van der Waals surface area contributed by atoms with Gasteiger partial charge in [-0.1, -0.05) is 0 Å². The van der Waals surface area contributed by atoms with Gasteiger partial charge in [0.25, 0.3) is 0 Å². The van der Waals surface area contributed by atoms with Crippen molar-refractivity contribution in [3.05, 3.63) is 23.8 Å². The van der Waals surface area contributed by atoms with E-state index in [9.17, 15) is 4.79 Å². The van der Waals surface area contributed by atoms with Crippen molar-refractivity contribution in [1.29, 1.82) is 0 Å². The molecule has 1 atom stereocenters. The third kappa shape index (κ3) is 3.47. The number of Topliss-reactive ketones (excluding diaryl/α,β-unsaturated/α-hetero) is 1. The predicted octanol–water partition coefficient (Wildman–Crippen LogP) is 2.33. The molecule has 1 aromatic rings. The lowest BCUT2D eigenvalue weighted by Crippen LogP contribution is -2.26. The maximum absolute atomic E-state index is 11.4. The molecule has 19 heavy (non-hydrogen) atoms. The number of likely N-dealkylation sites (tertiary alicyclic amines) is 1. The minimum Gasteiger partial charge on any atom is -0.494 e. The molecule has 1 unspecified atom stereocenters. The van der Waals surface area contributed by atoms with Crippen LogP contribution in [0.1, 0.15) is 36.5 Å². The van der Waals surface area contributed by atoms with Crippen molar-refractivity contribution < 1.29 is 9.53 Å². The summed E-state index contributed by atoms with van der Waals surface area (Å²) in [6.07, 6.45) is 3.55. The molecule has 2 rings (SSSR count). The Morgan fingerprint density at radius 1 is 1.53 bits per heavy atom. The van der Waals surface area contributed by atoms with Crippen LogP contribution < -0.4 is 10.5 Å². The van der Waals surface area contributed by atoms with Crippen molar-refractivity contribution in [2.75, 3.05) is 25.9 Å². The lowest BCUT2D eigenvalue weighted by atomic mass is 10.1. The predicted molar refractivity (Wildman–Crippen MR) is 76.6 cm³/mol. The summed E-state index contributed by atoms with van der Waals surface area (Å²) in [4.78, 5) is 13.8. The van der Waals surface area contributed by atoms with E-state index in [1.165, 1.54) is 26.3 Å². The average molecular weight is 262 g/mol. The number of benzene rings is 1. The smallest absolute Gasteiger partial charge is 0.162 e. The molecule has 1 fully saturated rings. The number of hydrogen-bond donors (Lipinski definition) is 1. The zero-order valence-corrected chi connectivity index (χ0v) is 11.7. The number of nitrogens with zero attached hydrogens (tertiary/aromatic N) is 1. The standard InChI is InChI=1S/C15H22N2O2/c1-11(18)14-10-13(5-6-15(14)16)19-9-7-12-4-3-8-17(12)2/h5-6,10,12H,3-4,7-9,16H2,1-2H3. The molecule has 1 aliphatic rings. The molecule has 0 amide bonds. The van der Waals surface area contributed by atoms with E-state index in [0.29, 0.717) is 23.9 Å². The number of rotatable bonds is 5. The Kier molecular flexibility index (Phi) is 4.43. The normalized spacial score (nSPS) is 19.6. The topological polar surface area (TPSA) is 55.6 Å². The molecule has 4 nitrogen and oxygen atoms in total. The highest BCUT2D eigenvalue weighted by atomic mass is 16.5. The number of nitrogens with two attached hydrogens (primary N) is 1. The van der Waals surface area contributed by atoms with Crippen molar-refractivity contribution in [2.45, 2.75) is 32.2 Å². The maximum Gasteiger partial charge on any atom is 0.162 e. The molecular formula is C15H22N2O2. The fraction of sp³-hybridized carbons (Fsp3) is 0.533. The highest BCUT2D eigenvalue weighted by Crippen LogP contribution is 2.22. The maximum atomic E-state index is 11.4. The number of ketones is 1. The molecular weight excluding hydrogens is 240 g/mol. The van der Waals surface area contributed by atoms with Gasteiger partial charge in [-0.15, -0.1) is 0 Å². The second kappa shape index (κ2) is 6.06. The van der Waals surface area contributed by atoms with E-state index in [0.717, 1.165) is 12.2 Å². The molecule has 2 N–H and O–H groups in total. The van der Waals surface area contributed by atoms with Gasteiger partial charge in [0.1, 0.15) is 5.75 Å². The Morgan fingerprint density at radius 2 is 2.32 bits per heavy atom.